The Morgan fingerprint density at radius 3 is 2.27 bits per heavy atom. The molecule has 4 atom stereocenters. The maximum Gasteiger partial charge on any atom is 0.0400 e. The van der Waals surface area contributed by atoms with Gasteiger partial charge in [-0.3, -0.25) is 4.90 Å². The van der Waals surface area contributed by atoms with Crippen LogP contribution in [0.3, 0.4) is 0 Å². The fraction of sp³-hybridized carbons (Fsp3) is 1.00. The Morgan fingerprint density at radius 2 is 1.87 bits per heavy atom. The van der Waals surface area contributed by atoms with Gasteiger partial charge in [0.15, 0.2) is 0 Å². The highest BCUT2D eigenvalue weighted by Crippen LogP contribution is 2.44. The molecule has 1 saturated heterocycles. The summed E-state index contributed by atoms with van der Waals surface area (Å²) in [5.41, 5.74) is 0.866. The molecule has 0 spiro atoms. The lowest BCUT2D eigenvalue weighted by Gasteiger charge is -2.36. The highest BCUT2D eigenvalue weighted by molar-refractivity contribution is 7.40. The minimum Gasteiger partial charge on any atom is -0.318 e. The number of nitrogens with one attached hydrogen (secondary N) is 1. The summed E-state index contributed by atoms with van der Waals surface area (Å²) in [4.78, 5) is 2.74. The van der Waals surface area contributed by atoms with Gasteiger partial charge in [-0.1, -0.05) is 29.4 Å². The monoisotopic (exact) mass is 230 g/mol. The van der Waals surface area contributed by atoms with Gasteiger partial charge in [0.05, 0.1) is 0 Å². The van der Waals surface area contributed by atoms with Gasteiger partial charge in [0.2, 0.25) is 0 Å². The summed E-state index contributed by atoms with van der Waals surface area (Å²) in [6.45, 7) is 13.0. The van der Waals surface area contributed by atoms with Crippen LogP contribution in [0.5, 0.6) is 0 Å². The first-order chi connectivity index (χ1) is 6.99. The van der Waals surface area contributed by atoms with Gasteiger partial charge in [0, 0.05) is 24.4 Å². The first-order valence-electron chi connectivity index (χ1n) is 6.17. The van der Waals surface area contributed by atoms with Crippen LogP contribution in [0, 0.1) is 5.92 Å². The lowest BCUT2D eigenvalue weighted by molar-refractivity contribution is 0.122. The molecule has 0 aliphatic carbocycles. The highest BCUT2D eigenvalue weighted by atomic mass is 31.1. The number of hydrogen-bond donors (Lipinski definition) is 1. The molecule has 3 heteroatoms. The summed E-state index contributed by atoms with van der Waals surface area (Å²) < 4.78 is 0. The van der Waals surface area contributed by atoms with Crippen LogP contribution in [0.25, 0.3) is 0 Å². The molecule has 0 aromatic carbocycles. The van der Waals surface area contributed by atoms with Crippen molar-refractivity contribution in [3.63, 3.8) is 0 Å². The maximum atomic E-state index is 3.34. The van der Waals surface area contributed by atoms with Crippen molar-refractivity contribution in [2.24, 2.45) is 5.92 Å². The minimum absolute atomic E-state index is 0.674. The van der Waals surface area contributed by atoms with Crippen molar-refractivity contribution in [1.82, 2.24) is 10.2 Å². The van der Waals surface area contributed by atoms with E-state index < -0.39 is 0 Å². The van der Waals surface area contributed by atoms with E-state index >= 15 is 0 Å². The van der Waals surface area contributed by atoms with Crippen molar-refractivity contribution in [3.8, 4) is 0 Å². The molecule has 0 radical (unpaired) electrons. The van der Waals surface area contributed by atoms with Crippen LogP contribution in [0.1, 0.15) is 34.6 Å². The van der Waals surface area contributed by atoms with Crippen LogP contribution < -0.4 is 5.32 Å². The normalized spacial score (nSPS) is 34.8. The molecule has 4 unspecified atom stereocenters. The van der Waals surface area contributed by atoms with Crippen LogP contribution in [0.15, 0.2) is 0 Å². The van der Waals surface area contributed by atoms with E-state index in [-0.39, 0.29) is 0 Å². The molecular formula is C12H27N2P. The molecule has 1 rings (SSSR count). The standard InChI is InChI=1S/C12H27N2P/c1-8(2)12-10(5)15-11(7-13-6)14(12)9(3)4/h8-13,15H,7H2,1-6H3. The van der Waals surface area contributed by atoms with Crippen LogP contribution in [-0.4, -0.2) is 42.0 Å². The third-order valence-corrected chi connectivity index (χ3v) is 5.10. The predicted octanol–water partition coefficient (Wildman–Crippen LogP) is 2.35. The zero-order valence-electron chi connectivity index (χ0n) is 11.0. The van der Waals surface area contributed by atoms with E-state index in [1.807, 2.05) is 0 Å². The molecule has 1 fully saturated rings. The van der Waals surface area contributed by atoms with E-state index in [1.165, 1.54) is 0 Å². The van der Waals surface area contributed by atoms with Gasteiger partial charge in [-0.2, -0.15) is 0 Å². The Labute approximate surface area is 97.0 Å². The summed E-state index contributed by atoms with van der Waals surface area (Å²) in [7, 11) is 3.16. The molecule has 0 aromatic rings. The van der Waals surface area contributed by atoms with Gasteiger partial charge in [0.25, 0.3) is 0 Å². The van der Waals surface area contributed by atoms with Crippen molar-refractivity contribution in [2.45, 2.75) is 58.1 Å². The molecule has 0 aromatic heterocycles. The largest absolute Gasteiger partial charge is 0.318 e. The molecule has 0 amide bonds. The first-order valence-corrected chi connectivity index (χ1v) is 7.32. The lowest BCUT2D eigenvalue weighted by atomic mass is 9.98. The number of likely N-dealkylation sites (N-methyl/N-ethyl adjacent to an activating group) is 1. The van der Waals surface area contributed by atoms with Crippen LogP contribution >= 0.6 is 8.58 Å². The van der Waals surface area contributed by atoms with E-state index in [0.717, 1.165) is 38.5 Å². The third-order valence-electron chi connectivity index (χ3n) is 3.35. The average Bonchev–Trinajstić information content (AvgIpc) is 2.42. The predicted molar refractivity (Wildman–Crippen MR) is 71.1 cm³/mol. The topological polar surface area (TPSA) is 15.3 Å². The summed E-state index contributed by atoms with van der Waals surface area (Å²) in [6, 6.07) is 1.45. The van der Waals surface area contributed by atoms with Crippen LogP contribution in [0.2, 0.25) is 0 Å². The van der Waals surface area contributed by atoms with Gasteiger partial charge in [-0.15, -0.1) is 0 Å². The number of nitrogens with zero attached hydrogens (tertiary/aromatic N) is 1. The average molecular weight is 230 g/mol. The molecule has 0 saturated carbocycles. The van der Waals surface area contributed by atoms with Crippen molar-refractivity contribution in [2.75, 3.05) is 13.6 Å². The summed E-state index contributed by atoms with van der Waals surface area (Å²) >= 11 is 0. The van der Waals surface area contributed by atoms with Gasteiger partial charge in [0.1, 0.15) is 0 Å². The molecule has 2 nitrogen and oxygen atoms in total. The van der Waals surface area contributed by atoms with Crippen molar-refractivity contribution in [3.05, 3.63) is 0 Å². The highest BCUT2D eigenvalue weighted by Gasteiger charge is 2.40. The van der Waals surface area contributed by atoms with Crippen molar-refractivity contribution < 1.29 is 0 Å². The second-order valence-corrected chi connectivity index (χ2v) is 7.21. The minimum atomic E-state index is 0.674. The fourth-order valence-corrected chi connectivity index (χ4v) is 5.26. The van der Waals surface area contributed by atoms with Crippen LogP contribution in [-0.2, 0) is 0 Å². The van der Waals surface area contributed by atoms with E-state index in [1.54, 1.807) is 0 Å². The molecule has 0 bridgehead atoms. The Morgan fingerprint density at radius 1 is 1.27 bits per heavy atom. The van der Waals surface area contributed by atoms with E-state index in [0.29, 0.717) is 6.04 Å². The second-order valence-electron chi connectivity index (χ2n) is 5.30. The first kappa shape index (κ1) is 13.4. The second kappa shape index (κ2) is 5.61. The van der Waals surface area contributed by atoms with E-state index in [4.69, 9.17) is 0 Å². The van der Waals surface area contributed by atoms with E-state index in [9.17, 15) is 0 Å². The van der Waals surface area contributed by atoms with Gasteiger partial charge >= 0.3 is 0 Å². The Kier molecular flexibility index (Phi) is 5.02. The van der Waals surface area contributed by atoms with Gasteiger partial charge in [-0.05, 0) is 32.5 Å². The summed E-state index contributed by atoms with van der Waals surface area (Å²) in [5, 5.41) is 3.34. The Balaban J connectivity index is 2.78. The lowest BCUT2D eigenvalue weighted by Crippen LogP contribution is -2.48. The smallest absolute Gasteiger partial charge is 0.0400 e. The molecule has 15 heavy (non-hydrogen) atoms. The summed E-state index contributed by atoms with van der Waals surface area (Å²) in [5.74, 6) is 1.54. The van der Waals surface area contributed by atoms with Crippen LogP contribution in [0.4, 0.5) is 0 Å². The fourth-order valence-electron chi connectivity index (χ4n) is 2.94. The van der Waals surface area contributed by atoms with Crippen molar-refractivity contribution >= 4 is 8.58 Å². The maximum absolute atomic E-state index is 3.34. The molecule has 1 aliphatic heterocycles. The molecule has 1 aliphatic rings. The number of hydrogen-bond acceptors (Lipinski definition) is 2. The molecule has 90 valence electrons. The van der Waals surface area contributed by atoms with Gasteiger partial charge < -0.3 is 5.32 Å². The SMILES string of the molecule is CNCC1PC(C)C(C(C)C)N1C(C)C. The van der Waals surface area contributed by atoms with Crippen molar-refractivity contribution in [1.29, 1.82) is 0 Å². The zero-order valence-corrected chi connectivity index (χ0v) is 12.0. The number of rotatable bonds is 4. The quantitative estimate of drug-likeness (QED) is 0.746. The third kappa shape index (κ3) is 2.93. The summed E-state index contributed by atoms with van der Waals surface area (Å²) in [6.07, 6.45) is 0. The Hall–Kier alpha value is 0.350. The molecule has 1 N–H and O–H groups in total. The van der Waals surface area contributed by atoms with E-state index in [2.05, 4.69) is 51.9 Å². The van der Waals surface area contributed by atoms with Gasteiger partial charge in [-0.25, -0.2) is 0 Å². The Bertz CT molecular complexity index is 194. The molecular weight excluding hydrogens is 203 g/mol. The molecule has 1 heterocycles. The zero-order chi connectivity index (χ0) is 11.6.